The summed E-state index contributed by atoms with van der Waals surface area (Å²) >= 11 is 8.98. The average molecular weight is 450 g/mol. The molecule has 0 atom stereocenters. The van der Waals surface area contributed by atoms with Gasteiger partial charge in [-0.05, 0) is 54.6 Å². The van der Waals surface area contributed by atoms with E-state index in [2.05, 4.69) is 30.6 Å². The van der Waals surface area contributed by atoms with E-state index in [1.165, 1.54) is 18.3 Å². The first-order valence-corrected chi connectivity index (χ1v) is 10.0. The Morgan fingerprint density at radius 3 is 2.68 bits per heavy atom. The molecule has 2 aromatic rings. The van der Waals surface area contributed by atoms with Crippen molar-refractivity contribution in [3.8, 4) is 5.88 Å². The fraction of sp³-hybridized carbons (Fsp3) is 0.333. The van der Waals surface area contributed by atoms with Crippen molar-refractivity contribution in [2.45, 2.75) is 11.3 Å². The maximum Gasteiger partial charge on any atom is 0.263 e. The zero-order valence-electron chi connectivity index (χ0n) is 13.7. The first kappa shape index (κ1) is 19.9. The Morgan fingerprint density at radius 1 is 1.28 bits per heavy atom. The highest BCUT2D eigenvalue weighted by Gasteiger charge is 2.18. The van der Waals surface area contributed by atoms with Gasteiger partial charge in [-0.15, -0.1) is 0 Å². The van der Waals surface area contributed by atoms with Gasteiger partial charge in [0.05, 0.1) is 6.61 Å². The van der Waals surface area contributed by atoms with Crippen LogP contribution in [0.25, 0.3) is 0 Å². The molecule has 0 aliphatic carbocycles. The van der Waals surface area contributed by atoms with E-state index in [1.807, 2.05) is 19.0 Å². The van der Waals surface area contributed by atoms with Crippen LogP contribution in [0.15, 0.2) is 40.0 Å². The number of ether oxygens (including phenoxy) is 1. The largest absolute Gasteiger partial charge is 0.476 e. The van der Waals surface area contributed by atoms with Crippen molar-refractivity contribution < 1.29 is 13.2 Å². The highest BCUT2D eigenvalue weighted by Crippen LogP contribution is 2.28. The number of anilines is 1. The number of nitrogens with zero attached hydrogens (tertiary/aromatic N) is 3. The molecule has 2 rings (SSSR count). The van der Waals surface area contributed by atoms with Crippen molar-refractivity contribution in [1.29, 1.82) is 0 Å². The summed E-state index contributed by atoms with van der Waals surface area (Å²) in [6.45, 7) is 1.28. The molecule has 0 saturated carbocycles. The van der Waals surface area contributed by atoms with Gasteiger partial charge in [-0.1, -0.05) is 11.6 Å². The molecule has 0 spiro atoms. The molecule has 136 valence electrons. The highest BCUT2D eigenvalue weighted by atomic mass is 79.9. The van der Waals surface area contributed by atoms with E-state index in [9.17, 15) is 8.42 Å². The quantitative estimate of drug-likeness (QED) is 0.492. The SMILES string of the molecule is CN(C)CCCOc1ncc(Br)cc1NS(=O)(=O)c1ccc(Cl)nc1. The molecule has 0 amide bonds. The lowest BCUT2D eigenvalue weighted by atomic mass is 10.4. The van der Waals surface area contributed by atoms with Crippen molar-refractivity contribution >= 4 is 43.2 Å². The zero-order valence-corrected chi connectivity index (χ0v) is 16.9. The molecule has 0 aliphatic heterocycles. The molecule has 10 heteroatoms. The van der Waals surface area contributed by atoms with Crippen LogP contribution in [-0.4, -0.2) is 50.5 Å². The van der Waals surface area contributed by atoms with Crippen molar-refractivity contribution in [2.75, 3.05) is 32.0 Å². The maximum atomic E-state index is 12.5. The fourth-order valence-electron chi connectivity index (χ4n) is 1.89. The van der Waals surface area contributed by atoms with Gasteiger partial charge in [0, 0.05) is 23.4 Å². The first-order valence-electron chi connectivity index (χ1n) is 7.35. The summed E-state index contributed by atoms with van der Waals surface area (Å²) in [5.41, 5.74) is 0.245. The Morgan fingerprint density at radius 2 is 2.04 bits per heavy atom. The molecule has 25 heavy (non-hydrogen) atoms. The summed E-state index contributed by atoms with van der Waals surface area (Å²) in [6, 6.07) is 4.38. The molecule has 2 aromatic heterocycles. The van der Waals surface area contributed by atoms with Gasteiger partial charge in [-0.2, -0.15) is 0 Å². The van der Waals surface area contributed by atoms with E-state index in [4.69, 9.17) is 16.3 Å². The first-order chi connectivity index (χ1) is 11.8. The standard InChI is InChI=1S/C15H18BrClN4O3S/c1-21(2)6-3-7-24-15-13(8-11(16)9-19-15)20-25(22,23)12-4-5-14(17)18-10-12/h4-5,8-10,20H,3,6-7H2,1-2H3. The van der Waals surface area contributed by atoms with E-state index >= 15 is 0 Å². The van der Waals surface area contributed by atoms with Crippen LogP contribution in [0.3, 0.4) is 0 Å². The highest BCUT2D eigenvalue weighted by molar-refractivity contribution is 9.10. The second-order valence-corrected chi connectivity index (χ2v) is 8.42. The molecule has 0 aliphatic rings. The average Bonchev–Trinajstić information content (AvgIpc) is 2.53. The lowest BCUT2D eigenvalue weighted by Crippen LogP contribution is -2.17. The molecule has 0 bridgehead atoms. The molecule has 7 nitrogen and oxygen atoms in total. The zero-order chi connectivity index (χ0) is 18.4. The van der Waals surface area contributed by atoms with Gasteiger partial charge in [-0.3, -0.25) is 4.72 Å². The molecule has 0 unspecified atom stereocenters. The van der Waals surface area contributed by atoms with Crippen molar-refractivity contribution in [2.24, 2.45) is 0 Å². The third-order valence-corrected chi connectivity index (χ3v) is 5.07. The van der Waals surface area contributed by atoms with Crippen LogP contribution in [-0.2, 0) is 10.0 Å². The number of nitrogens with one attached hydrogen (secondary N) is 1. The number of rotatable bonds is 8. The van der Waals surface area contributed by atoms with Crippen LogP contribution in [0.2, 0.25) is 5.15 Å². The summed E-state index contributed by atoms with van der Waals surface area (Å²) in [6.07, 6.45) is 3.52. The van der Waals surface area contributed by atoms with Crippen molar-refractivity contribution in [3.05, 3.63) is 40.2 Å². The Balaban J connectivity index is 2.17. The molecule has 0 fully saturated rings. The molecule has 0 aromatic carbocycles. The van der Waals surface area contributed by atoms with Crippen LogP contribution in [0.4, 0.5) is 5.69 Å². The maximum absolute atomic E-state index is 12.5. The summed E-state index contributed by atoms with van der Waals surface area (Å²) < 4.78 is 33.7. The Kier molecular flexibility index (Phi) is 7.00. The number of halogens is 2. The van der Waals surface area contributed by atoms with Crippen molar-refractivity contribution in [3.63, 3.8) is 0 Å². The minimum atomic E-state index is -3.83. The van der Waals surface area contributed by atoms with Gasteiger partial charge in [0.2, 0.25) is 5.88 Å². The van der Waals surface area contributed by atoms with Gasteiger partial charge in [-0.25, -0.2) is 18.4 Å². The number of sulfonamides is 1. The van der Waals surface area contributed by atoms with Crippen LogP contribution in [0, 0.1) is 0 Å². The van der Waals surface area contributed by atoms with Gasteiger partial charge in [0.15, 0.2) is 0 Å². The topological polar surface area (TPSA) is 84.4 Å². The second-order valence-electron chi connectivity index (χ2n) is 5.43. The van der Waals surface area contributed by atoms with Crippen molar-refractivity contribution in [1.82, 2.24) is 14.9 Å². The second kappa shape index (κ2) is 8.79. The molecule has 1 N–H and O–H groups in total. The third kappa shape index (κ3) is 6.10. The molecule has 2 heterocycles. The Labute approximate surface area is 160 Å². The minimum Gasteiger partial charge on any atom is -0.476 e. The van der Waals surface area contributed by atoms with Gasteiger partial charge in [0.25, 0.3) is 10.0 Å². The van der Waals surface area contributed by atoms with Crippen LogP contribution in [0.1, 0.15) is 6.42 Å². The van der Waals surface area contributed by atoms with E-state index in [0.717, 1.165) is 13.0 Å². The molecule has 0 radical (unpaired) electrons. The number of aromatic nitrogens is 2. The smallest absolute Gasteiger partial charge is 0.263 e. The predicted molar refractivity (Wildman–Crippen MR) is 101 cm³/mol. The summed E-state index contributed by atoms with van der Waals surface area (Å²) in [4.78, 5) is 9.96. The fourth-order valence-corrected chi connectivity index (χ4v) is 3.32. The lowest BCUT2D eigenvalue weighted by molar-refractivity contribution is 0.274. The van der Waals surface area contributed by atoms with E-state index in [1.54, 1.807) is 12.3 Å². The summed E-state index contributed by atoms with van der Waals surface area (Å²) in [7, 11) is 0.106. The number of hydrogen-bond acceptors (Lipinski definition) is 6. The molecular formula is C15H18BrClN4O3S. The van der Waals surface area contributed by atoms with Gasteiger partial charge in [0.1, 0.15) is 15.7 Å². The Bertz CT molecular complexity index is 816. The number of hydrogen-bond donors (Lipinski definition) is 1. The lowest BCUT2D eigenvalue weighted by Gasteiger charge is -2.14. The van der Waals surface area contributed by atoms with E-state index in [-0.39, 0.29) is 21.6 Å². The number of pyridine rings is 2. The van der Waals surface area contributed by atoms with E-state index < -0.39 is 10.0 Å². The van der Waals surface area contributed by atoms with Crippen LogP contribution >= 0.6 is 27.5 Å². The van der Waals surface area contributed by atoms with Gasteiger partial charge < -0.3 is 9.64 Å². The minimum absolute atomic E-state index is 0.00423. The third-order valence-electron chi connectivity index (χ3n) is 3.06. The van der Waals surface area contributed by atoms with E-state index in [0.29, 0.717) is 11.1 Å². The Hall–Kier alpha value is -1.42. The summed E-state index contributed by atoms with van der Waals surface area (Å²) in [5, 5.41) is 0.216. The molecule has 0 saturated heterocycles. The normalized spacial score (nSPS) is 11.6. The van der Waals surface area contributed by atoms with Crippen LogP contribution < -0.4 is 9.46 Å². The molecular weight excluding hydrogens is 432 g/mol. The van der Waals surface area contributed by atoms with Gasteiger partial charge >= 0.3 is 0 Å². The monoisotopic (exact) mass is 448 g/mol. The summed E-state index contributed by atoms with van der Waals surface area (Å²) in [5.74, 6) is 0.215. The van der Waals surface area contributed by atoms with Crippen LogP contribution in [0.5, 0.6) is 5.88 Å². The predicted octanol–water partition coefficient (Wildman–Crippen LogP) is 3.02.